The van der Waals surface area contributed by atoms with E-state index >= 15 is 0 Å². The number of carbonyl (C=O) groups is 1. The highest BCUT2D eigenvalue weighted by Gasteiger charge is 2.14. The fourth-order valence-electron chi connectivity index (χ4n) is 0.679. The Labute approximate surface area is 48.7 Å². The van der Waals surface area contributed by atoms with Crippen LogP contribution < -0.4 is 0 Å². The molecule has 0 aromatic heterocycles. The summed E-state index contributed by atoms with van der Waals surface area (Å²) in [4.78, 5) is 10.6. The third kappa shape index (κ3) is 0.601. The van der Waals surface area contributed by atoms with Crippen LogP contribution in [0.3, 0.4) is 0 Å². The van der Waals surface area contributed by atoms with Crippen LogP contribution in [0.4, 0.5) is 0 Å². The van der Waals surface area contributed by atoms with E-state index in [0.29, 0.717) is 5.57 Å². The van der Waals surface area contributed by atoms with Crippen molar-refractivity contribution in [2.75, 3.05) is 0 Å². The number of carbonyl (C=O) groups excluding carboxylic acids is 1. The molecule has 0 N–H and O–H groups in total. The first-order chi connectivity index (χ1) is 3.72. The van der Waals surface area contributed by atoms with Gasteiger partial charge in [0.1, 0.15) is 0 Å². The van der Waals surface area contributed by atoms with Gasteiger partial charge in [-0.15, -0.1) is 0 Å². The average Bonchev–Trinajstić information content (AvgIpc) is 1.98. The van der Waals surface area contributed by atoms with Gasteiger partial charge in [0.05, 0.1) is 0 Å². The van der Waals surface area contributed by atoms with Crippen LogP contribution in [0.5, 0.6) is 0 Å². The molecule has 42 valence electrons. The molecule has 0 radical (unpaired) electrons. The van der Waals surface area contributed by atoms with Gasteiger partial charge < -0.3 is 0 Å². The zero-order valence-corrected chi connectivity index (χ0v) is 4.85. The highest BCUT2D eigenvalue weighted by Crippen LogP contribution is 2.17. The molecule has 0 spiro atoms. The van der Waals surface area contributed by atoms with Crippen LogP contribution in [0, 0.1) is 5.92 Å². The maximum atomic E-state index is 10.6. The second-order valence-electron chi connectivity index (χ2n) is 2.04. The van der Waals surface area contributed by atoms with E-state index in [2.05, 4.69) is 6.58 Å². The van der Waals surface area contributed by atoms with Crippen molar-refractivity contribution in [1.29, 1.82) is 0 Å². The van der Waals surface area contributed by atoms with Crippen molar-refractivity contribution in [1.82, 2.24) is 0 Å². The predicted molar refractivity (Wildman–Crippen MR) is 32.5 cm³/mol. The van der Waals surface area contributed by atoms with Gasteiger partial charge in [0.2, 0.25) is 0 Å². The van der Waals surface area contributed by atoms with Crippen molar-refractivity contribution in [3.05, 3.63) is 24.3 Å². The fraction of sp³-hybridized carbons (Fsp3) is 0.286. The number of rotatable bonds is 0. The summed E-state index contributed by atoms with van der Waals surface area (Å²) < 4.78 is 0. The highest BCUT2D eigenvalue weighted by molar-refractivity contribution is 6.06. The van der Waals surface area contributed by atoms with Gasteiger partial charge in [-0.1, -0.05) is 19.6 Å². The zero-order valence-electron chi connectivity index (χ0n) is 4.85. The van der Waals surface area contributed by atoms with Gasteiger partial charge in [-0.25, -0.2) is 0 Å². The molecule has 0 aromatic rings. The molecule has 0 saturated heterocycles. The van der Waals surface area contributed by atoms with Crippen LogP contribution in [-0.2, 0) is 4.79 Å². The molecule has 0 amide bonds. The summed E-state index contributed by atoms with van der Waals surface area (Å²) in [6.07, 6.45) is 3.44. The van der Waals surface area contributed by atoms with Gasteiger partial charge in [0.15, 0.2) is 5.78 Å². The van der Waals surface area contributed by atoms with E-state index in [1.165, 1.54) is 0 Å². The van der Waals surface area contributed by atoms with Crippen LogP contribution in [-0.4, -0.2) is 5.78 Å². The lowest BCUT2D eigenvalue weighted by Crippen LogP contribution is -1.95. The minimum absolute atomic E-state index is 0.0810. The first-order valence-electron chi connectivity index (χ1n) is 2.63. The van der Waals surface area contributed by atoms with Crippen LogP contribution in [0.25, 0.3) is 0 Å². The number of ketones is 1. The third-order valence-corrected chi connectivity index (χ3v) is 1.40. The summed E-state index contributed by atoms with van der Waals surface area (Å²) in [6, 6.07) is 0. The van der Waals surface area contributed by atoms with E-state index in [4.69, 9.17) is 0 Å². The maximum absolute atomic E-state index is 10.6. The summed E-state index contributed by atoms with van der Waals surface area (Å²) in [7, 11) is 0. The van der Waals surface area contributed by atoms with Crippen molar-refractivity contribution in [2.45, 2.75) is 6.92 Å². The van der Waals surface area contributed by atoms with Gasteiger partial charge in [-0.05, 0) is 11.6 Å². The summed E-state index contributed by atoms with van der Waals surface area (Å²) in [5, 5.41) is 0. The largest absolute Gasteiger partial charge is 0.290 e. The number of hydrogen-bond donors (Lipinski definition) is 0. The highest BCUT2D eigenvalue weighted by atomic mass is 16.1. The molecule has 0 heterocycles. The molecule has 1 rings (SSSR count). The second-order valence-corrected chi connectivity index (χ2v) is 2.04. The molecule has 0 aliphatic heterocycles. The van der Waals surface area contributed by atoms with E-state index in [0.717, 1.165) is 0 Å². The Bertz CT molecular complexity index is 165. The molecule has 1 atom stereocenters. The molecule has 1 nitrogen and oxygen atoms in total. The Kier molecular flexibility index (Phi) is 1.05. The SMILES string of the molecule is C=C1C(=O)C=C[C@@H]1C. The number of hydrogen-bond acceptors (Lipinski definition) is 1. The van der Waals surface area contributed by atoms with Gasteiger partial charge in [-0.3, -0.25) is 4.79 Å². The zero-order chi connectivity index (χ0) is 6.15. The predicted octanol–water partition coefficient (Wildman–Crippen LogP) is 1.32. The Morgan fingerprint density at radius 1 is 1.75 bits per heavy atom. The summed E-state index contributed by atoms with van der Waals surface area (Å²) >= 11 is 0. The molecule has 0 unspecified atom stereocenters. The molecule has 8 heavy (non-hydrogen) atoms. The van der Waals surface area contributed by atoms with E-state index in [-0.39, 0.29) is 11.7 Å². The molecule has 1 aliphatic rings. The topological polar surface area (TPSA) is 17.1 Å². The molecule has 1 heteroatoms. The van der Waals surface area contributed by atoms with Crippen LogP contribution in [0.2, 0.25) is 0 Å². The number of allylic oxidation sites excluding steroid dienone is 3. The van der Waals surface area contributed by atoms with Crippen molar-refractivity contribution >= 4 is 5.78 Å². The smallest absolute Gasteiger partial charge is 0.181 e. The Balaban J connectivity index is 2.85. The van der Waals surface area contributed by atoms with Gasteiger partial charge in [0, 0.05) is 5.92 Å². The molecule has 0 bridgehead atoms. The monoisotopic (exact) mass is 108 g/mol. The van der Waals surface area contributed by atoms with Crippen LogP contribution in [0.15, 0.2) is 24.3 Å². The minimum atomic E-state index is 0.0810. The Hall–Kier alpha value is -0.850. The molecular weight excluding hydrogens is 100 g/mol. The molecular formula is C7H8O. The Morgan fingerprint density at radius 2 is 2.38 bits per heavy atom. The van der Waals surface area contributed by atoms with E-state index in [1.54, 1.807) is 6.08 Å². The lowest BCUT2D eigenvalue weighted by Gasteiger charge is -1.95. The van der Waals surface area contributed by atoms with Gasteiger partial charge >= 0.3 is 0 Å². The molecule has 0 aromatic carbocycles. The lowest BCUT2D eigenvalue weighted by molar-refractivity contribution is -0.111. The molecule has 0 fully saturated rings. The normalized spacial score (nSPS) is 27.4. The van der Waals surface area contributed by atoms with E-state index in [1.807, 2.05) is 13.0 Å². The van der Waals surface area contributed by atoms with Gasteiger partial charge in [-0.2, -0.15) is 0 Å². The second kappa shape index (κ2) is 1.58. The average molecular weight is 108 g/mol. The van der Waals surface area contributed by atoms with Crippen molar-refractivity contribution in [2.24, 2.45) is 5.92 Å². The van der Waals surface area contributed by atoms with E-state index in [9.17, 15) is 4.79 Å². The van der Waals surface area contributed by atoms with Gasteiger partial charge in [0.25, 0.3) is 0 Å². The van der Waals surface area contributed by atoms with Crippen LogP contribution in [0.1, 0.15) is 6.92 Å². The standard InChI is InChI=1S/C7H8O/c1-5-3-4-7(8)6(5)2/h3-5H,2H2,1H3/t5-/m0/s1. The minimum Gasteiger partial charge on any atom is -0.290 e. The Morgan fingerprint density at radius 3 is 2.50 bits per heavy atom. The molecule has 0 saturated carbocycles. The summed E-state index contributed by atoms with van der Waals surface area (Å²) in [6.45, 7) is 5.57. The van der Waals surface area contributed by atoms with Crippen LogP contribution >= 0.6 is 0 Å². The van der Waals surface area contributed by atoms with Crippen molar-refractivity contribution < 1.29 is 4.79 Å². The maximum Gasteiger partial charge on any atom is 0.181 e. The quantitative estimate of drug-likeness (QED) is 0.428. The fourth-order valence-corrected chi connectivity index (χ4v) is 0.679. The molecule has 1 aliphatic carbocycles. The first kappa shape index (κ1) is 5.29. The summed E-state index contributed by atoms with van der Waals surface area (Å²) in [5.41, 5.74) is 0.713. The van der Waals surface area contributed by atoms with Crippen molar-refractivity contribution in [3.8, 4) is 0 Å². The first-order valence-corrected chi connectivity index (χ1v) is 2.63. The lowest BCUT2D eigenvalue weighted by atomic mass is 10.1. The van der Waals surface area contributed by atoms with Crippen molar-refractivity contribution in [3.63, 3.8) is 0 Å². The third-order valence-electron chi connectivity index (χ3n) is 1.40. The summed E-state index contributed by atoms with van der Waals surface area (Å²) in [5.74, 6) is 0.347. The van der Waals surface area contributed by atoms with E-state index < -0.39 is 0 Å².